The molecule has 29 heavy (non-hydrogen) atoms. The predicted molar refractivity (Wildman–Crippen MR) is 105 cm³/mol. The molecule has 12 heteroatoms. The van der Waals surface area contributed by atoms with E-state index in [2.05, 4.69) is 15.0 Å². The van der Waals surface area contributed by atoms with Gasteiger partial charge in [0.2, 0.25) is 11.8 Å². The molecule has 2 rings (SSSR count). The molecule has 6 nitrogen and oxygen atoms in total. The van der Waals surface area contributed by atoms with E-state index >= 15 is 0 Å². The minimum absolute atomic E-state index is 0. The Morgan fingerprint density at radius 2 is 2.00 bits per heavy atom. The van der Waals surface area contributed by atoms with Gasteiger partial charge in [-0.1, -0.05) is 13.8 Å². The fourth-order valence-corrected chi connectivity index (χ4v) is 2.84. The van der Waals surface area contributed by atoms with Crippen LogP contribution in [-0.4, -0.2) is 48.1 Å². The first-order chi connectivity index (χ1) is 12.4. The first kappa shape index (κ1) is 27.6. The molecule has 2 unspecified atom stereocenters. The summed E-state index contributed by atoms with van der Waals surface area (Å²) < 4.78 is 60.0. The normalized spacial score (nSPS) is 22.7. The van der Waals surface area contributed by atoms with Crippen molar-refractivity contribution in [3.63, 3.8) is 0 Å². The van der Waals surface area contributed by atoms with Crippen LogP contribution in [0.25, 0.3) is 0 Å². The van der Waals surface area contributed by atoms with E-state index in [9.17, 15) is 22.4 Å². The van der Waals surface area contributed by atoms with Gasteiger partial charge < -0.3 is 20.5 Å². The molecule has 1 aliphatic rings. The van der Waals surface area contributed by atoms with E-state index in [-0.39, 0.29) is 42.5 Å². The number of carbonyl (C=O) groups is 1. The summed E-state index contributed by atoms with van der Waals surface area (Å²) in [5, 5.41) is 2.61. The molecule has 0 spiro atoms. The molecule has 1 aromatic rings. The number of alkyl halides is 4. The summed E-state index contributed by atoms with van der Waals surface area (Å²) in [6.07, 6.45) is -2.44. The Labute approximate surface area is 178 Å². The number of hydrogen-bond acceptors (Lipinski definition) is 5. The number of aromatic nitrogens is 1. The number of hydrogen-bond donors (Lipinski definition) is 2. The zero-order valence-corrected chi connectivity index (χ0v) is 17.7. The van der Waals surface area contributed by atoms with E-state index in [0.29, 0.717) is 13.0 Å². The fraction of sp³-hybridized carbons (Fsp3) is 0.647. The number of nitrogens with two attached hydrogens (primary N) is 1. The molecule has 3 N–H and O–H groups in total. The molecule has 1 saturated carbocycles. The molecule has 1 aromatic heterocycles. The highest BCUT2D eigenvalue weighted by Gasteiger charge is 2.62. The molecule has 168 valence electrons. The number of anilines is 1. The van der Waals surface area contributed by atoms with Gasteiger partial charge in [0.1, 0.15) is 5.54 Å². The summed E-state index contributed by atoms with van der Waals surface area (Å²) in [5.41, 5.74) is 4.81. The standard InChI is InChI=1S/C17H23F4N3O3.2ClH/c1-4-26-11-7-16(22,15(11,2)3)14(25)24-10-5-6-12(23-8-10)27-9-17(20,21)13(18)19;;/h5-6,8,11,13H,4,7,9,22H2,1-3H3,(H,24,25);2*1H. The van der Waals surface area contributed by atoms with Gasteiger partial charge in [0, 0.05) is 24.5 Å². The van der Waals surface area contributed by atoms with Gasteiger partial charge in [-0.25, -0.2) is 13.8 Å². The number of halogens is 6. The Bertz CT molecular complexity index is 680. The molecule has 0 aromatic carbocycles. The molecule has 0 aliphatic heterocycles. The van der Waals surface area contributed by atoms with Gasteiger partial charge in [0.25, 0.3) is 0 Å². The summed E-state index contributed by atoms with van der Waals surface area (Å²) >= 11 is 0. The summed E-state index contributed by atoms with van der Waals surface area (Å²) in [6, 6.07) is 2.55. The van der Waals surface area contributed by atoms with Crippen molar-refractivity contribution >= 4 is 36.4 Å². The highest BCUT2D eigenvalue weighted by molar-refractivity contribution is 5.99. The molecule has 1 amide bonds. The Morgan fingerprint density at radius 1 is 1.38 bits per heavy atom. The molecule has 1 fully saturated rings. The minimum Gasteiger partial charge on any atom is -0.471 e. The Kier molecular flexibility index (Phi) is 9.63. The number of rotatable bonds is 8. The Morgan fingerprint density at radius 3 is 2.45 bits per heavy atom. The van der Waals surface area contributed by atoms with E-state index in [4.69, 9.17) is 10.5 Å². The van der Waals surface area contributed by atoms with E-state index < -0.39 is 35.8 Å². The average Bonchev–Trinajstić information content (AvgIpc) is 2.60. The van der Waals surface area contributed by atoms with Crippen LogP contribution >= 0.6 is 24.8 Å². The van der Waals surface area contributed by atoms with Gasteiger partial charge in [0.15, 0.2) is 6.61 Å². The molecular weight excluding hydrogens is 441 g/mol. The summed E-state index contributed by atoms with van der Waals surface area (Å²) in [5.74, 6) is -4.97. The highest BCUT2D eigenvalue weighted by Crippen LogP contribution is 2.50. The molecule has 1 heterocycles. The topological polar surface area (TPSA) is 86.5 Å². The molecular formula is C17H25Cl2F4N3O3. The predicted octanol–water partition coefficient (Wildman–Crippen LogP) is 3.68. The van der Waals surface area contributed by atoms with Gasteiger partial charge in [-0.2, -0.15) is 8.78 Å². The second kappa shape index (κ2) is 10.1. The van der Waals surface area contributed by atoms with Crippen molar-refractivity contribution in [3.8, 4) is 5.88 Å². The molecule has 0 radical (unpaired) electrons. The third-order valence-corrected chi connectivity index (χ3v) is 4.96. The van der Waals surface area contributed by atoms with Gasteiger partial charge >= 0.3 is 12.3 Å². The van der Waals surface area contributed by atoms with Crippen LogP contribution < -0.4 is 15.8 Å². The van der Waals surface area contributed by atoms with Crippen LogP contribution in [0.2, 0.25) is 0 Å². The maximum Gasteiger partial charge on any atom is 0.340 e. The van der Waals surface area contributed by atoms with Crippen molar-refractivity contribution in [2.75, 3.05) is 18.5 Å². The minimum atomic E-state index is -4.27. The van der Waals surface area contributed by atoms with Crippen LogP contribution in [0.3, 0.4) is 0 Å². The smallest absolute Gasteiger partial charge is 0.340 e. The number of ether oxygens (including phenoxy) is 2. The Balaban J connectivity index is 0.00000392. The van der Waals surface area contributed by atoms with Crippen LogP contribution in [0.5, 0.6) is 5.88 Å². The quantitative estimate of drug-likeness (QED) is 0.571. The van der Waals surface area contributed by atoms with Gasteiger partial charge in [-0.15, -0.1) is 24.8 Å². The molecule has 0 saturated heterocycles. The summed E-state index contributed by atoms with van der Waals surface area (Å²) in [7, 11) is 0. The SMILES string of the molecule is CCOC1CC(N)(C(=O)Nc2ccc(OCC(F)(F)C(F)F)nc2)C1(C)C.Cl.Cl. The van der Waals surface area contributed by atoms with E-state index in [1.54, 1.807) is 0 Å². The van der Waals surface area contributed by atoms with Crippen molar-refractivity contribution in [1.82, 2.24) is 4.98 Å². The van der Waals surface area contributed by atoms with Crippen molar-refractivity contribution in [1.29, 1.82) is 0 Å². The first-order valence-electron chi connectivity index (χ1n) is 8.41. The van der Waals surface area contributed by atoms with Crippen LogP contribution in [-0.2, 0) is 9.53 Å². The third kappa shape index (κ3) is 5.62. The van der Waals surface area contributed by atoms with Gasteiger partial charge in [0.05, 0.1) is 18.0 Å². The lowest BCUT2D eigenvalue weighted by Crippen LogP contribution is -2.74. The van der Waals surface area contributed by atoms with Gasteiger partial charge in [-0.3, -0.25) is 4.79 Å². The second-order valence-corrected chi connectivity index (χ2v) is 7.03. The number of amides is 1. The summed E-state index contributed by atoms with van der Waals surface area (Å²) in [4.78, 5) is 16.3. The van der Waals surface area contributed by atoms with E-state index in [1.165, 1.54) is 18.3 Å². The van der Waals surface area contributed by atoms with Crippen LogP contribution in [0.4, 0.5) is 23.2 Å². The second-order valence-electron chi connectivity index (χ2n) is 7.03. The number of nitrogens with zero attached hydrogens (tertiary/aromatic N) is 1. The van der Waals surface area contributed by atoms with Crippen molar-refractivity contribution < 1.29 is 31.8 Å². The number of pyridine rings is 1. The monoisotopic (exact) mass is 465 g/mol. The third-order valence-electron chi connectivity index (χ3n) is 4.96. The lowest BCUT2D eigenvalue weighted by molar-refractivity contribution is -0.166. The average molecular weight is 466 g/mol. The maximum atomic E-state index is 12.8. The Hall–Kier alpha value is -1.36. The van der Waals surface area contributed by atoms with Crippen LogP contribution in [0, 0.1) is 5.41 Å². The van der Waals surface area contributed by atoms with E-state index in [0.717, 1.165) is 0 Å². The lowest BCUT2D eigenvalue weighted by atomic mass is 9.54. The highest BCUT2D eigenvalue weighted by atomic mass is 35.5. The largest absolute Gasteiger partial charge is 0.471 e. The summed E-state index contributed by atoms with van der Waals surface area (Å²) in [6.45, 7) is 4.56. The number of carbonyl (C=O) groups excluding carboxylic acids is 1. The molecule has 0 bridgehead atoms. The molecule has 2 atom stereocenters. The zero-order chi connectivity index (χ0) is 20.5. The van der Waals surface area contributed by atoms with Crippen LogP contribution in [0.15, 0.2) is 18.3 Å². The van der Waals surface area contributed by atoms with E-state index in [1.807, 2.05) is 20.8 Å². The van der Waals surface area contributed by atoms with Crippen molar-refractivity contribution in [2.24, 2.45) is 11.1 Å². The number of nitrogens with one attached hydrogen (secondary N) is 1. The van der Waals surface area contributed by atoms with Crippen LogP contribution in [0.1, 0.15) is 27.2 Å². The lowest BCUT2D eigenvalue weighted by Gasteiger charge is -2.57. The fourth-order valence-electron chi connectivity index (χ4n) is 2.84. The zero-order valence-electron chi connectivity index (χ0n) is 16.1. The van der Waals surface area contributed by atoms with Crippen molar-refractivity contribution in [3.05, 3.63) is 18.3 Å². The van der Waals surface area contributed by atoms with Crippen molar-refractivity contribution in [2.45, 2.75) is 51.2 Å². The maximum absolute atomic E-state index is 12.8. The molecule has 1 aliphatic carbocycles. The van der Waals surface area contributed by atoms with Gasteiger partial charge in [-0.05, 0) is 13.0 Å². The first-order valence-corrected chi connectivity index (χ1v) is 8.41.